The van der Waals surface area contributed by atoms with Gasteiger partial charge in [0.1, 0.15) is 11.4 Å². The molecule has 1 heterocycles. The van der Waals surface area contributed by atoms with Crippen LogP contribution in [0.3, 0.4) is 0 Å². The monoisotopic (exact) mass is 331 g/mol. The number of aryl methyl sites for hydroxylation is 2. The summed E-state index contributed by atoms with van der Waals surface area (Å²) in [5.74, 6) is -0.550. The van der Waals surface area contributed by atoms with Gasteiger partial charge in [-0.1, -0.05) is 35.9 Å². The summed E-state index contributed by atoms with van der Waals surface area (Å²) in [7, 11) is 0. The van der Waals surface area contributed by atoms with Gasteiger partial charge in [-0.2, -0.15) is 0 Å². The van der Waals surface area contributed by atoms with E-state index in [4.69, 9.17) is 4.74 Å². The third-order valence-corrected chi connectivity index (χ3v) is 3.85. The number of hydrogen-bond acceptors (Lipinski definition) is 4. The third kappa shape index (κ3) is 3.63. The van der Waals surface area contributed by atoms with E-state index in [-0.39, 0.29) is 11.5 Å². The van der Waals surface area contributed by atoms with Crippen LogP contribution in [0.5, 0.6) is 5.75 Å². The minimum absolute atomic E-state index is 0.225. The molecule has 0 aliphatic rings. The van der Waals surface area contributed by atoms with Gasteiger partial charge in [0, 0.05) is 6.20 Å². The van der Waals surface area contributed by atoms with Crippen LogP contribution in [0.25, 0.3) is 0 Å². The van der Waals surface area contributed by atoms with Crippen LogP contribution in [0.4, 0.5) is 0 Å². The summed E-state index contributed by atoms with van der Waals surface area (Å²) in [6.45, 7) is 3.76. The molecule has 0 fully saturated rings. The normalized spacial score (nSPS) is 10.3. The Bertz CT molecular complexity index is 930. The molecule has 25 heavy (non-hydrogen) atoms. The lowest BCUT2D eigenvalue weighted by Gasteiger charge is -2.10. The first-order valence-corrected chi connectivity index (χ1v) is 7.90. The summed E-state index contributed by atoms with van der Waals surface area (Å²) in [5.41, 5.74) is 2.91. The fourth-order valence-electron chi connectivity index (χ4n) is 2.44. The standard InChI is InChI=1S/C21H17NO3/c1-14-9-11-16(12-10-14)21(24)25-18-8-4-3-7-17(18)20(23)19-15(2)6-5-13-22-19/h3-13H,1-2H3. The Labute approximate surface area is 146 Å². The van der Waals surface area contributed by atoms with Gasteiger partial charge < -0.3 is 4.74 Å². The number of pyridine rings is 1. The van der Waals surface area contributed by atoms with Crippen LogP contribution in [0, 0.1) is 13.8 Å². The molecular formula is C21H17NO3. The lowest BCUT2D eigenvalue weighted by atomic mass is 10.0. The summed E-state index contributed by atoms with van der Waals surface area (Å²) < 4.78 is 5.47. The van der Waals surface area contributed by atoms with Crippen LogP contribution in [-0.4, -0.2) is 16.7 Å². The number of carbonyl (C=O) groups excluding carboxylic acids is 2. The molecular weight excluding hydrogens is 314 g/mol. The molecule has 0 bridgehead atoms. The molecule has 0 unspecified atom stereocenters. The van der Waals surface area contributed by atoms with Gasteiger partial charge in [0.25, 0.3) is 0 Å². The number of benzene rings is 2. The van der Waals surface area contributed by atoms with Crippen molar-refractivity contribution in [2.75, 3.05) is 0 Å². The zero-order chi connectivity index (χ0) is 17.8. The van der Waals surface area contributed by atoms with Crippen LogP contribution in [0.2, 0.25) is 0 Å². The van der Waals surface area contributed by atoms with Crippen molar-refractivity contribution < 1.29 is 14.3 Å². The zero-order valence-electron chi connectivity index (χ0n) is 14.0. The number of carbonyl (C=O) groups is 2. The second-order valence-corrected chi connectivity index (χ2v) is 5.75. The molecule has 0 spiro atoms. The van der Waals surface area contributed by atoms with Crippen molar-refractivity contribution >= 4 is 11.8 Å². The maximum Gasteiger partial charge on any atom is 0.343 e. The van der Waals surface area contributed by atoms with E-state index < -0.39 is 5.97 Å². The Balaban J connectivity index is 1.91. The molecule has 0 aliphatic carbocycles. The first kappa shape index (κ1) is 16.6. The first-order valence-electron chi connectivity index (χ1n) is 7.90. The van der Waals surface area contributed by atoms with Gasteiger partial charge in [-0.05, 0) is 49.7 Å². The van der Waals surface area contributed by atoms with Crippen LogP contribution in [-0.2, 0) is 0 Å². The number of hydrogen-bond donors (Lipinski definition) is 0. The van der Waals surface area contributed by atoms with Gasteiger partial charge in [0.2, 0.25) is 5.78 Å². The summed E-state index contributed by atoms with van der Waals surface area (Å²) >= 11 is 0. The molecule has 0 radical (unpaired) electrons. The van der Waals surface area contributed by atoms with Crippen molar-refractivity contribution in [3.05, 3.63) is 94.8 Å². The average Bonchev–Trinajstić information content (AvgIpc) is 2.62. The largest absolute Gasteiger partial charge is 0.422 e. The van der Waals surface area contributed by atoms with Crippen molar-refractivity contribution in [3.8, 4) is 5.75 Å². The molecule has 0 amide bonds. The molecule has 0 saturated heterocycles. The van der Waals surface area contributed by atoms with Gasteiger partial charge in [0.05, 0.1) is 11.1 Å². The summed E-state index contributed by atoms with van der Waals surface area (Å²) in [5, 5.41) is 0. The fraction of sp³-hybridized carbons (Fsp3) is 0.0952. The molecule has 1 aromatic heterocycles. The Kier molecular flexibility index (Phi) is 4.70. The van der Waals surface area contributed by atoms with E-state index in [9.17, 15) is 9.59 Å². The number of ether oxygens (including phenoxy) is 1. The van der Waals surface area contributed by atoms with Crippen molar-refractivity contribution in [1.82, 2.24) is 4.98 Å². The maximum absolute atomic E-state index is 12.8. The molecule has 4 nitrogen and oxygen atoms in total. The maximum atomic E-state index is 12.8. The highest BCUT2D eigenvalue weighted by Crippen LogP contribution is 2.23. The quantitative estimate of drug-likeness (QED) is 0.409. The van der Waals surface area contributed by atoms with Crippen LogP contribution < -0.4 is 4.74 Å². The zero-order valence-corrected chi connectivity index (χ0v) is 14.0. The van der Waals surface area contributed by atoms with Crippen LogP contribution >= 0.6 is 0 Å². The lowest BCUT2D eigenvalue weighted by molar-refractivity contribution is 0.0733. The predicted octanol–water partition coefficient (Wildman–Crippen LogP) is 4.15. The SMILES string of the molecule is Cc1ccc(C(=O)Oc2ccccc2C(=O)c2ncccc2C)cc1. The topological polar surface area (TPSA) is 56.3 Å². The molecule has 0 atom stereocenters. The predicted molar refractivity (Wildman–Crippen MR) is 95.0 cm³/mol. The Morgan fingerprint density at radius 2 is 1.60 bits per heavy atom. The van der Waals surface area contributed by atoms with E-state index >= 15 is 0 Å². The van der Waals surface area contributed by atoms with E-state index in [1.165, 1.54) is 0 Å². The van der Waals surface area contributed by atoms with Gasteiger partial charge >= 0.3 is 5.97 Å². The summed E-state index contributed by atoms with van der Waals surface area (Å²) in [4.78, 5) is 29.3. The second-order valence-electron chi connectivity index (χ2n) is 5.75. The number of aromatic nitrogens is 1. The molecule has 0 saturated carbocycles. The molecule has 2 aromatic carbocycles. The summed E-state index contributed by atoms with van der Waals surface area (Å²) in [6, 6.07) is 17.4. The van der Waals surface area contributed by atoms with Gasteiger partial charge in [-0.3, -0.25) is 9.78 Å². The third-order valence-electron chi connectivity index (χ3n) is 3.85. The van der Waals surface area contributed by atoms with Crippen LogP contribution in [0.1, 0.15) is 37.5 Å². The molecule has 0 N–H and O–H groups in total. The number of rotatable bonds is 4. The molecule has 4 heteroatoms. The highest BCUT2D eigenvalue weighted by atomic mass is 16.5. The van der Waals surface area contributed by atoms with Crippen molar-refractivity contribution in [2.24, 2.45) is 0 Å². The number of esters is 1. The minimum Gasteiger partial charge on any atom is -0.422 e. The highest BCUT2D eigenvalue weighted by molar-refractivity contribution is 6.10. The Hall–Kier alpha value is -3.27. The van der Waals surface area contributed by atoms with Gasteiger partial charge in [0.15, 0.2) is 0 Å². The Morgan fingerprint density at radius 3 is 2.32 bits per heavy atom. The van der Waals surface area contributed by atoms with Gasteiger partial charge in [-0.15, -0.1) is 0 Å². The van der Waals surface area contributed by atoms with E-state index in [2.05, 4.69) is 4.98 Å². The highest BCUT2D eigenvalue weighted by Gasteiger charge is 2.19. The fourth-order valence-corrected chi connectivity index (χ4v) is 2.44. The summed E-state index contributed by atoms with van der Waals surface area (Å²) in [6.07, 6.45) is 1.57. The average molecular weight is 331 g/mol. The number of para-hydroxylation sites is 1. The molecule has 0 aliphatic heterocycles. The smallest absolute Gasteiger partial charge is 0.343 e. The number of nitrogens with zero attached hydrogens (tertiary/aromatic N) is 1. The Morgan fingerprint density at radius 1 is 0.880 bits per heavy atom. The van der Waals surface area contributed by atoms with E-state index in [0.717, 1.165) is 11.1 Å². The van der Waals surface area contributed by atoms with Crippen molar-refractivity contribution in [3.63, 3.8) is 0 Å². The second kappa shape index (κ2) is 7.09. The molecule has 124 valence electrons. The van der Waals surface area contributed by atoms with Gasteiger partial charge in [-0.25, -0.2) is 4.79 Å². The van der Waals surface area contributed by atoms with Crippen LogP contribution in [0.15, 0.2) is 66.9 Å². The van der Waals surface area contributed by atoms with E-state index in [0.29, 0.717) is 16.8 Å². The minimum atomic E-state index is -0.502. The molecule has 3 aromatic rings. The van der Waals surface area contributed by atoms with E-state index in [1.54, 1.807) is 48.7 Å². The van der Waals surface area contributed by atoms with Crippen molar-refractivity contribution in [2.45, 2.75) is 13.8 Å². The lowest BCUT2D eigenvalue weighted by Crippen LogP contribution is -2.13. The first-order chi connectivity index (χ1) is 12.1. The molecule has 3 rings (SSSR count). The number of ketones is 1. The van der Waals surface area contributed by atoms with E-state index in [1.807, 2.05) is 32.0 Å². The van der Waals surface area contributed by atoms with Crippen molar-refractivity contribution in [1.29, 1.82) is 0 Å².